The van der Waals surface area contributed by atoms with Gasteiger partial charge in [-0.3, -0.25) is 4.79 Å². The molecule has 2 aromatic rings. The number of aldehydes is 1. The summed E-state index contributed by atoms with van der Waals surface area (Å²) in [7, 11) is 1.64. The Kier molecular flexibility index (Phi) is 4.05. The van der Waals surface area contributed by atoms with Gasteiger partial charge in [0.15, 0.2) is 0 Å². The number of aryl methyl sites for hydroxylation is 1. The SMILES string of the molecule is COc1c(Br)cc(C=O)c(C)c1-c1ccccc1C. The van der Waals surface area contributed by atoms with E-state index in [1.54, 1.807) is 13.2 Å². The van der Waals surface area contributed by atoms with Gasteiger partial charge in [0.2, 0.25) is 0 Å². The Morgan fingerprint density at radius 3 is 2.47 bits per heavy atom. The Bertz CT molecular complexity index is 633. The lowest BCUT2D eigenvalue weighted by molar-refractivity contribution is 0.112. The summed E-state index contributed by atoms with van der Waals surface area (Å²) in [6.07, 6.45) is 0.876. The molecule has 3 heteroatoms. The lowest BCUT2D eigenvalue weighted by atomic mass is 9.93. The van der Waals surface area contributed by atoms with E-state index in [-0.39, 0.29) is 0 Å². The van der Waals surface area contributed by atoms with Crippen LogP contribution in [0.2, 0.25) is 0 Å². The first-order chi connectivity index (χ1) is 9.10. The van der Waals surface area contributed by atoms with Crippen molar-refractivity contribution in [2.24, 2.45) is 0 Å². The molecule has 0 heterocycles. The molecule has 0 N–H and O–H groups in total. The maximum absolute atomic E-state index is 11.2. The zero-order chi connectivity index (χ0) is 14.0. The third-order valence-electron chi connectivity index (χ3n) is 3.28. The second-order valence-electron chi connectivity index (χ2n) is 4.41. The average molecular weight is 319 g/mol. The molecule has 0 aromatic heterocycles. The van der Waals surface area contributed by atoms with Gasteiger partial charge in [0.1, 0.15) is 12.0 Å². The molecule has 0 aliphatic carbocycles. The largest absolute Gasteiger partial charge is 0.495 e. The van der Waals surface area contributed by atoms with Gasteiger partial charge in [0, 0.05) is 11.1 Å². The number of rotatable bonds is 3. The molecule has 0 saturated heterocycles. The second kappa shape index (κ2) is 5.57. The van der Waals surface area contributed by atoms with Crippen LogP contribution in [0.3, 0.4) is 0 Å². The monoisotopic (exact) mass is 318 g/mol. The standard InChI is InChI=1S/C16H15BrO2/c1-10-6-4-5-7-13(10)15-11(2)12(9-18)8-14(17)16(15)19-3/h4-9H,1-3H3. The van der Waals surface area contributed by atoms with Crippen molar-refractivity contribution < 1.29 is 9.53 Å². The van der Waals surface area contributed by atoms with Crippen molar-refractivity contribution >= 4 is 22.2 Å². The van der Waals surface area contributed by atoms with Crippen molar-refractivity contribution in [2.45, 2.75) is 13.8 Å². The van der Waals surface area contributed by atoms with Gasteiger partial charge in [0.05, 0.1) is 11.6 Å². The van der Waals surface area contributed by atoms with Crippen LogP contribution in [0.5, 0.6) is 5.75 Å². The van der Waals surface area contributed by atoms with Gasteiger partial charge in [0.25, 0.3) is 0 Å². The van der Waals surface area contributed by atoms with E-state index in [0.717, 1.165) is 38.8 Å². The molecule has 0 aliphatic rings. The first-order valence-corrected chi connectivity index (χ1v) is 6.77. The average Bonchev–Trinajstić information content (AvgIpc) is 2.41. The van der Waals surface area contributed by atoms with E-state index in [4.69, 9.17) is 4.74 Å². The number of halogens is 1. The van der Waals surface area contributed by atoms with Gasteiger partial charge in [-0.2, -0.15) is 0 Å². The molecule has 0 aliphatic heterocycles. The van der Waals surface area contributed by atoms with Crippen LogP contribution < -0.4 is 4.74 Å². The van der Waals surface area contributed by atoms with Crippen molar-refractivity contribution in [1.82, 2.24) is 0 Å². The van der Waals surface area contributed by atoms with Gasteiger partial charge in [-0.05, 0) is 52.5 Å². The van der Waals surface area contributed by atoms with Crippen LogP contribution in [-0.4, -0.2) is 13.4 Å². The maximum Gasteiger partial charge on any atom is 0.150 e. The van der Waals surface area contributed by atoms with Crippen LogP contribution in [0.15, 0.2) is 34.8 Å². The molecule has 19 heavy (non-hydrogen) atoms. The van der Waals surface area contributed by atoms with Gasteiger partial charge >= 0.3 is 0 Å². The van der Waals surface area contributed by atoms with E-state index in [0.29, 0.717) is 5.56 Å². The Hall–Kier alpha value is -1.61. The number of carbonyl (C=O) groups is 1. The van der Waals surface area contributed by atoms with Gasteiger partial charge in [-0.1, -0.05) is 24.3 Å². The zero-order valence-corrected chi connectivity index (χ0v) is 12.7. The molecule has 2 nitrogen and oxygen atoms in total. The van der Waals surface area contributed by atoms with E-state index >= 15 is 0 Å². The summed E-state index contributed by atoms with van der Waals surface area (Å²) < 4.78 is 6.30. The van der Waals surface area contributed by atoms with Crippen LogP contribution in [0, 0.1) is 13.8 Å². The highest BCUT2D eigenvalue weighted by Crippen LogP contribution is 2.41. The quantitative estimate of drug-likeness (QED) is 0.776. The molecule has 0 fully saturated rings. The number of hydrogen-bond acceptors (Lipinski definition) is 2. The number of methoxy groups -OCH3 is 1. The molecule has 0 bridgehead atoms. The van der Waals surface area contributed by atoms with Crippen molar-refractivity contribution in [2.75, 3.05) is 7.11 Å². The summed E-state index contributed by atoms with van der Waals surface area (Å²) in [5.74, 6) is 0.761. The fraction of sp³-hybridized carbons (Fsp3) is 0.188. The third-order valence-corrected chi connectivity index (χ3v) is 3.87. The number of carbonyl (C=O) groups excluding carboxylic acids is 1. The normalized spacial score (nSPS) is 10.3. The molecule has 0 atom stereocenters. The minimum atomic E-state index is 0.672. The highest BCUT2D eigenvalue weighted by atomic mass is 79.9. The van der Waals surface area contributed by atoms with Crippen LogP contribution >= 0.6 is 15.9 Å². The lowest BCUT2D eigenvalue weighted by Crippen LogP contribution is -1.98. The summed E-state index contributed by atoms with van der Waals surface area (Å²) in [6, 6.07) is 9.88. The zero-order valence-electron chi connectivity index (χ0n) is 11.2. The van der Waals surface area contributed by atoms with Crippen LogP contribution in [0.25, 0.3) is 11.1 Å². The van der Waals surface area contributed by atoms with Gasteiger partial charge < -0.3 is 4.74 Å². The number of benzene rings is 2. The minimum absolute atomic E-state index is 0.672. The molecule has 0 spiro atoms. The predicted molar refractivity (Wildman–Crippen MR) is 81.0 cm³/mol. The first kappa shape index (κ1) is 13.8. The Labute approximate surface area is 121 Å². The maximum atomic E-state index is 11.2. The molecule has 2 aromatic carbocycles. The van der Waals surface area contributed by atoms with Gasteiger partial charge in [-0.15, -0.1) is 0 Å². The molecule has 0 radical (unpaired) electrons. The smallest absolute Gasteiger partial charge is 0.150 e. The Morgan fingerprint density at radius 2 is 1.89 bits per heavy atom. The fourth-order valence-electron chi connectivity index (χ4n) is 2.24. The molecular formula is C16H15BrO2. The summed E-state index contributed by atoms with van der Waals surface area (Å²) in [4.78, 5) is 11.2. The van der Waals surface area contributed by atoms with E-state index in [1.807, 2.05) is 25.1 Å². The second-order valence-corrected chi connectivity index (χ2v) is 5.27. The Morgan fingerprint density at radius 1 is 1.21 bits per heavy atom. The van der Waals surface area contributed by atoms with Crippen molar-refractivity contribution in [3.05, 3.63) is 51.5 Å². The number of hydrogen-bond donors (Lipinski definition) is 0. The van der Waals surface area contributed by atoms with E-state index in [9.17, 15) is 4.79 Å². The minimum Gasteiger partial charge on any atom is -0.495 e. The Balaban J connectivity index is 2.85. The van der Waals surface area contributed by atoms with Crippen LogP contribution in [0.4, 0.5) is 0 Å². The van der Waals surface area contributed by atoms with Crippen molar-refractivity contribution in [1.29, 1.82) is 0 Å². The molecule has 0 amide bonds. The third kappa shape index (κ3) is 2.43. The highest BCUT2D eigenvalue weighted by Gasteiger charge is 2.17. The number of ether oxygens (including phenoxy) is 1. The van der Waals surface area contributed by atoms with Crippen LogP contribution in [0.1, 0.15) is 21.5 Å². The first-order valence-electron chi connectivity index (χ1n) is 5.98. The predicted octanol–water partition coefficient (Wildman–Crippen LogP) is 4.55. The van der Waals surface area contributed by atoms with E-state index < -0.39 is 0 Å². The molecule has 0 saturated carbocycles. The molecule has 98 valence electrons. The van der Waals surface area contributed by atoms with Crippen LogP contribution in [-0.2, 0) is 0 Å². The van der Waals surface area contributed by atoms with E-state index in [1.165, 1.54) is 0 Å². The lowest BCUT2D eigenvalue weighted by Gasteiger charge is -2.17. The summed E-state index contributed by atoms with van der Waals surface area (Å²) in [5.41, 5.74) is 4.81. The molecule has 0 unspecified atom stereocenters. The summed E-state index contributed by atoms with van der Waals surface area (Å²) in [6.45, 7) is 4.00. The molecule has 2 rings (SSSR count). The fourth-order valence-corrected chi connectivity index (χ4v) is 2.85. The van der Waals surface area contributed by atoms with Crippen molar-refractivity contribution in [3.63, 3.8) is 0 Å². The van der Waals surface area contributed by atoms with Gasteiger partial charge in [-0.25, -0.2) is 0 Å². The summed E-state index contributed by atoms with van der Waals surface area (Å²) in [5, 5.41) is 0. The molecular weight excluding hydrogens is 304 g/mol. The van der Waals surface area contributed by atoms with E-state index in [2.05, 4.69) is 28.9 Å². The topological polar surface area (TPSA) is 26.3 Å². The van der Waals surface area contributed by atoms with Crippen molar-refractivity contribution in [3.8, 4) is 16.9 Å². The highest BCUT2D eigenvalue weighted by molar-refractivity contribution is 9.10. The summed E-state index contributed by atoms with van der Waals surface area (Å²) >= 11 is 3.47.